The Bertz CT molecular complexity index is 1800. The van der Waals surface area contributed by atoms with E-state index in [1.165, 1.54) is 12.1 Å². The number of fused-ring (bicyclic) bond motifs is 2. The standard InChI is InChI=1S/C22H26N2O12S4/c1-3-10-23(13-37(27,28)29)39(33,34)15-8-9-16-18(12-15)22(26)20-17(21(16)25)6-5-7-19(20)40(35,36)24(11-4-2)14-38(30,31)32/h5-9,12H,3-4,10-11,13-14H2,1-2H3,(H,27,28,29)(H,30,31,32). The molecule has 0 fully saturated rings. The molecule has 1 aliphatic carbocycles. The summed E-state index contributed by atoms with van der Waals surface area (Å²) in [7, 11) is -19.0. The molecule has 1 aliphatic rings. The molecule has 18 heteroatoms. The average Bonchev–Trinajstić information content (AvgIpc) is 2.84. The fraction of sp³-hybridized carbons (Fsp3) is 0.364. The van der Waals surface area contributed by atoms with Crippen molar-refractivity contribution < 1.29 is 52.4 Å². The van der Waals surface area contributed by atoms with E-state index in [0.29, 0.717) is 8.61 Å². The van der Waals surface area contributed by atoms with Gasteiger partial charge in [-0.2, -0.15) is 25.4 Å². The second kappa shape index (κ2) is 11.4. The molecule has 0 amide bonds. The zero-order valence-electron chi connectivity index (χ0n) is 21.2. The molecule has 0 saturated carbocycles. The highest BCUT2D eigenvalue weighted by Gasteiger charge is 2.39. The third-order valence-corrected chi connectivity index (χ3v) is 11.1. The largest absolute Gasteiger partial charge is 0.289 e. The molecule has 0 bridgehead atoms. The quantitative estimate of drug-likeness (QED) is 0.265. The Hall–Kier alpha value is -2.58. The summed E-state index contributed by atoms with van der Waals surface area (Å²) in [6, 6.07) is 6.16. The van der Waals surface area contributed by atoms with Crippen LogP contribution in [0.1, 0.15) is 58.5 Å². The Labute approximate surface area is 232 Å². The first-order chi connectivity index (χ1) is 18.3. The van der Waals surface area contributed by atoms with Crippen LogP contribution >= 0.6 is 0 Å². The Morgan fingerprint density at radius 1 is 0.650 bits per heavy atom. The van der Waals surface area contributed by atoms with Gasteiger partial charge in [0.1, 0.15) is 11.8 Å². The van der Waals surface area contributed by atoms with Gasteiger partial charge in [0.05, 0.1) is 15.4 Å². The minimum absolute atomic E-state index is 0.137. The van der Waals surface area contributed by atoms with Crippen molar-refractivity contribution in [3.8, 4) is 0 Å². The number of hydrogen-bond acceptors (Lipinski definition) is 10. The number of benzene rings is 2. The number of carbonyl (C=O) groups excluding carboxylic acids is 2. The zero-order chi connectivity index (χ0) is 30.3. The minimum atomic E-state index is -4.82. The molecule has 2 aromatic rings. The molecule has 0 radical (unpaired) electrons. The van der Waals surface area contributed by atoms with Gasteiger partial charge in [-0.25, -0.2) is 16.8 Å². The van der Waals surface area contributed by atoms with Crippen LogP contribution in [0.4, 0.5) is 0 Å². The van der Waals surface area contributed by atoms with Gasteiger partial charge in [0, 0.05) is 29.8 Å². The van der Waals surface area contributed by atoms with Crippen molar-refractivity contribution in [2.24, 2.45) is 0 Å². The Morgan fingerprint density at radius 2 is 1.18 bits per heavy atom. The summed E-state index contributed by atoms with van der Waals surface area (Å²) in [5.74, 6) is -4.44. The van der Waals surface area contributed by atoms with Gasteiger partial charge in [-0.3, -0.25) is 18.7 Å². The fourth-order valence-electron chi connectivity index (χ4n) is 4.18. The lowest BCUT2D eigenvalue weighted by atomic mass is 9.84. The molecule has 0 aromatic heterocycles. The van der Waals surface area contributed by atoms with Crippen molar-refractivity contribution in [2.75, 3.05) is 24.8 Å². The van der Waals surface area contributed by atoms with Gasteiger partial charge in [-0.05, 0) is 37.1 Å². The van der Waals surface area contributed by atoms with Crippen LogP contribution in [0, 0.1) is 0 Å². The first kappa shape index (κ1) is 31.9. The van der Waals surface area contributed by atoms with E-state index in [-0.39, 0.29) is 37.1 Å². The number of nitrogens with zero attached hydrogens (tertiary/aromatic N) is 2. The molecule has 0 aliphatic heterocycles. The van der Waals surface area contributed by atoms with Crippen molar-refractivity contribution in [1.82, 2.24) is 8.61 Å². The highest BCUT2D eigenvalue weighted by molar-refractivity contribution is 7.91. The Kier molecular flexibility index (Phi) is 9.07. The molecule has 2 aromatic carbocycles. The summed E-state index contributed by atoms with van der Waals surface area (Å²) in [6.07, 6.45) is 0.308. The molecule has 40 heavy (non-hydrogen) atoms. The van der Waals surface area contributed by atoms with Crippen LogP contribution in [0.2, 0.25) is 0 Å². The number of carbonyl (C=O) groups is 2. The molecule has 3 rings (SSSR count). The molecule has 0 unspecified atom stereocenters. The molecule has 14 nitrogen and oxygen atoms in total. The highest BCUT2D eigenvalue weighted by atomic mass is 32.2. The van der Waals surface area contributed by atoms with E-state index in [1.807, 2.05) is 0 Å². The van der Waals surface area contributed by atoms with Crippen molar-refractivity contribution in [1.29, 1.82) is 0 Å². The lowest BCUT2D eigenvalue weighted by molar-refractivity contribution is 0.0976. The zero-order valence-corrected chi connectivity index (χ0v) is 24.5. The van der Waals surface area contributed by atoms with E-state index >= 15 is 0 Å². The minimum Gasteiger partial charge on any atom is -0.289 e. The fourth-order valence-corrected chi connectivity index (χ4v) is 9.71. The topological polar surface area (TPSA) is 218 Å². The highest BCUT2D eigenvalue weighted by Crippen LogP contribution is 2.34. The first-order valence-corrected chi connectivity index (χ1v) is 17.7. The average molecular weight is 639 g/mol. The maximum absolute atomic E-state index is 13.6. The van der Waals surface area contributed by atoms with E-state index < -0.39 is 84.5 Å². The Morgan fingerprint density at radius 3 is 1.68 bits per heavy atom. The smallest absolute Gasteiger partial charge is 0.279 e. The first-order valence-electron chi connectivity index (χ1n) is 11.6. The Balaban J connectivity index is 2.21. The van der Waals surface area contributed by atoms with Gasteiger partial charge in [-0.15, -0.1) is 0 Å². The second-order valence-electron chi connectivity index (χ2n) is 8.83. The van der Waals surface area contributed by atoms with E-state index in [1.54, 1.807) is 13.8 Å². The summed E-state index contributed by atoms with van der Waals surface area (Å²) in [5.41, 5.74) is -1.67. The van der Waals surface area contributed by atoms with Crippen LogP contribution in [0.15, 0.2) is 46.2 Å². The number of sulfonamides is 2. The van der Waals surface area contributed by atoms with Crippen molar-refractivity contribution in [3.63, 3.8) is 0 Å². The van der Waals surface area contributed by atoms with Crippen LogP contribution in [-0.2, 0) is 40.3 Å². The molecule has 0 spiro atoms. The van der Waals surface area contributed by atoms with Crippen LogP contribution in [0.25, 0.3) is 0 Å². The third kappa shape index (κ3) is 6.49. The molecular formula is C22H26N2O12S4. The summed E-state index contributed by atoms with van der Waals surface area (Å²) in [6.45, 7) is 2.44. The predicted octanol–water partition coefficient (Wildman–Crippen LogP) is 0.954. The van der Waals surface area contributed by atoms with Crippen LogP contribution < -0.4 is 0 Å². The molecule has 0 heterocycles. The van der Waals surface area contributed by atoms with Gasteiger partial charge in [-0.1, -0.05) is 26.0 Å². The second-order valence-corrected chi connectivity index (χ2v) is 15.5. The molecule has 220 valence electrons. The van der Waals surface area contributed by atoms with Crippen molar-refractivity contribution in [3.05, 3.63) is 58.7 Å². The molecular weight excluding hydrogens is 613 g/mol. The van der Waals surface area contributed by atoms with E-state index in [0.717, 1.165) is 24.3 Å². The number of rotatable bonds is 12. The van der Waals surface area contributed by atoms with E-state index in [9.17, 15) is 52.4 Å². The summed E-state index contributed by atoms with van der Waals surface area (Å²) in [4.78, 5) is 25.6. The van der Waals surface area contributed by atoms with E-state index in [2.05, 4.69) is 0 Å². The summed E-state index contributed by atoms with van der Waals surface area (Å²) < 4.78 is 119. The summed E-state index contributed by atoms with van der Waals surface area (Å²) >= 11 is 0. The lowest BCUT2D eigenvalue weighted by Crippen LogP contribution is -2.38. The van der Waals surface area contributed by atoms with Gasteiger partial charge in [0.2, 0.25) is 20.0 Å². The summed E-state index contributed by atoms with van der Waals surface area (Å²) in [5, 5.41) is 0. The third-order valence-electron chi connectivity index (χ3n) is 5.79. The van der Waals surface area contributed by atoms with Crippen LogP contribution in [0.5, 0.6) is 0 Å². The van der Waals surface area contributed by atoms with E-state index in [4.69, 9.17) is 0 Å². The number of ketones is 2. The normalized spacial score (nSPS) is 14.4. The van der Waals surface area contributed by atoms with Crippen LogP contribution in [-0.4, -0.2) is 87.8 Å². The van der Waals surface area contributed by atoms with Crippen molar-refractivity contribution in [2.45, 2.75) is 36.5 Å². The van der Waals surface area contributed by atoms with Crippen LogP contribution in [0.3, 0.4) is 0 Å². The predicted molar refractivity (Wildman–Crippen MR) is 141 cm³/mol. The number of hydrogen-bond donors (Lipinski definition) is 2. The lowest BCUT2D eigenvalue weighted by Gasteiger charge is -2.25. The SMILES string of the molecule is CCCN(CS(=O)(=O)O)S(=O)(=O)c1ccc2c(c1)C(=O)c1c(cccc1S(=O)(=O)N(CCC)CS(=O)(=O)O)C2=O. The molecule has 0 saturated heterocycles. The monoisotopic (exact) mass is 638 g/mol. The maximum Gasteiger partial charge on any atom is 0.279 e. The van der Waals surface area contributed by atoms with Gasteiger partial charge in [0.15, 0.2) is 11.6 Å². The van der Waals surface area contributed by atoms with Gasteiger partial charge in [0.25, 0.3) is 20.2 Å². The molecule has 0 atom stereocenters. The van der Waals surface area contributed by atoms with Crippen molar-refractivity contribution >= 4 is 51.8 Å². The van der Waals surface area contributed by atoms with Gasteiger partial charge < -0.3 is 0 Å². The molecule has 2 N–H and O–H groups in total. The van der Waals surface area contributed by atoms with Gasteiger partial charge >= 0.3 is 0 Å². The maximum atomic E-state index is 13.6.